The summed E-state index contributed by atoms with van der Waals surface area (Å²) in [5.41, 5.74) is 0.713. The topological polar surface area (TPSA) is 263 Å². The van der Waals surface area contributed by atoms with Gasteiger partial charge in [0.25, 0.3) is 15.7 Å². The minimum absolute atomic E-state index is 0. The van der Waals surface area contributed by atoms with Crippen molar-refractivity contribution in [1.29, 1.82) is 0 Å². The van der Waals surface area contributed by atoms with E-state index in [0.717, 1.165) is 22.9 Å². The van der Waals surface area contributed by atoms with Gasteiger partial charge in [0.15, 0.2) is 5.69 Å². The predicted octanol–water partition coefficient (Wildman–Crippen LogP) is 3.53. The summed E-state index contributed by atoms with van der Waals surface area (Å²) < 4.78 is 34.1. The Kier molecular flexibility index (Phi) is 12.3. The van der Waals surface area contributed by atoms with E-state index in [1.165, 1.54) is 23.7 Å². The summed E-state index contributed by atoms with van der Waals surface area (Å²) in [6.45, 7) is 3.21. The Morgan fingerprint density at radius 1 is 0.736 bits per heavy atom. The number of para-hydroxylation sites is 2. The van der Waals surface area contributed by atoms with Crippen LogP contribution in [-0.4, -0.2) is 44.5 Å². The van der Waals surface area contributed by atoms with Gasteiger partial charge in [-0.1, -0.05) is 54.6 Å². The number of carbonyl (C=O) groups excluding carboxylic acids is 2. The van der Waals surface area contributed by atoms with Gasteiger partial charge < -0.3 is 24.9 Å². The van der Waals surface area contributed by atoms with Crippen LogP contribution in [0.3, 0.4) is 0 Å². The second-order valence-electron chi connectivity index (χ2n) is 10.7. The number of nitrogens with one attached hydrogen (secondary N) is 1. The molecule has 0 aliphatic carbocycles. The number of rotatable bonds is 9. The number of aromatic amines is 1. The average molecular weight is 774 g/mol. The second-order valence-corrected chi connectivity index (χ2v) is 12.1. The maximum atomic E-state index is 12.5. The molecule has 2 N–H and O–H groups in total. The Bertz CT molecular complexity index is 2510. The van der Waals surface area contributed by atoms with Gasteiger partial charge in [-0.05, 0) is 62.4 Å². The zero-order chi connectivity index (χ0) is 37.6. The van der Waals surface area contributed by atoms with E-state index < -0.39 is 44.1 Å². The first kappa shape index (κ1) is 39.3. The van der Waals surface area contributed by atoms with Gasteiger partial charge in [0.05, 0.1) is 51.0 Å². The van der Waals surface area contributed by atoms with Gasteiger partial charge in [-0.25, -0.2) is 9.36 Å². The summed E-state index contributed by atoms with van der Waals surface area (Å²) in [5.74, 6) is -3.57. The molecule has 2 heterocycles. The molecule has 1 radical (unpaired) electrons. The molecule has 267 valence electrons. The zero-order valence-electron chi connectivity index (χ0n) is 27.5. The summed E-state index contributed by atoms with van der Waals surface area (Å²) in [6, 6.07) is 26.3. The molecule has 0 amide bonds. The molecule has 4 aromatic carbocycles. The Labute approximate surface area is 311 Å². The molecule has 0 atom stereocenters. The van der Waals surface area contributed by atoms with Crippen molar-refractivity contribution < 1.29 is 55.2 Å². The predicted molar refractivity (Wildman–Crippen MR) is 179 cm³/mol. The number of aromatic nitrogens is 4. The monoisotopic (exact) mass is 773 g/mol. The third-order valence-corrected chi connectivity index (χ3v) is 8.02. The number of azo groups is 2. The Balaban J connectivity index is 0.000000235. The van der Waals surface area contributed by atoms with Crippen LogP contribution in [0.25, 0.3) is 11.4 Å². The fraction of sp³-hybridized carbons (Fsp3) is 0.0588. The molecule has 2 aromatic heterocycles. The molecule has 0 unspecified atom stereocenters. The van der Waals surface area contributed by atoms with Gasteiger partial charge in [-0.15, -0.1) is 20.5 Å². The van der Waals surface area contributed by atoms with Crippen molar-refractivity contribution in [3.05, 3.63) is 136 Å². The number of aromatic carboxylic acids is 2. The molecule has 0 saturated carbocycles. The number of carboxylic acid groups (broad SMARTS) is 2. The molecule has 53 heavy (non-hydrogen) atoms. The van der Waals surface area contributed by atoms with E-state index in [2.05, 4.69) is 30.7 Å². The third-order valence-electron chi connectivity index (χ3n) is 7.17. The molecule has 6 rings (SSSR count). The number of nitrogens with zero attached hydrogens (tertiary/aromatic N) is 7. The fourth-order valence-corrected chi connectivity index (χ4v) is 5.14. The summed E-state index contributed by atoms with van der Waals surface area (Å²) in [6.07, 6.45) is 0. The number of hydrogen-bond acceptors (Lipinski definition) is 13. The maximum absolute atomic E-state index is 12.5. The summed E-state index contributed by atoms with van der Waals surface area (Å²) in [4.78, 5) is 34.2. The SMILES string of the molecule is Cc1[nH]n(-c2ccccc2)c(=O)c1N=Nc1ccccc1C(=O)[O-].Cc1nn(-c2ccccc2)c([O-])c1N=Nc1cc(S(=O)(=O)O)ccc1C(=O)[O-].[Cr+3]. The van der Waals surface area contributed by atoms with E-state index in [1.54, 1.807) is 61.5 Å². The standard InChI is InChI=1S/C17H14N4O6S.C17H14N4O3.Cr/c1-10-15(16(22)21(20-10)11-5-3-2-4-6-11)19-18-14-9-12(28(25,26)27)7-8-13(14)17(23)24;1-11-15(16(22)21(20-11)12-7-3-2-4-8-12)19-18-14-10-6-5-9-13(14)17(23)24;/h2-9,22H,1H3,(H,23,24)(H,25,26,27);2-10,20H,1H3,(H,23,24);/q;;+3/p-3. The van der Waals surface area contributed by atoms with Crippen molar-refractivity contribution in [3.8, 4) is 17.3 Å². The van der Waals surface area contributed by atoms with Gasteiger partial charge in [-0.3, -0.25) is 14.4 Å². The van der Waals surface area contributed by atoms with E-state index in [1.807, 2.05) is 18.2 Å². The molecule has 0 aliphatic rings. The summed E-state index contributed by atoms with van der Waals surface area (Å²) in [7, 11) is -4.59. The van der Waals surface area contributed by atoms with Crippen molar-refractivity contribution in [1.82, 2.24) is 19.6 Å². The largest absolute Gasteiger partial charge is 3.00 e. The number of carbonyl (C=O) groups is 2. The molecule has 19 heteroatoms. The minimum Gasteiger partial charge on any atom is -0.857 e. The first-order valence-corrected chi connectivity index (χ1v) is 16.4. The number of carboxylic acids is 2. The van der Waals surface area contributed by atoms with Crippen molar-refractivity contribution in [2.75, 3.05) is 0 Å². The molecule has 0 fully saturated rings. The van der Waals surface area contributed by atoms with Crippen molar-refractivity contribution in [2.24, 2.45) is 20.5 Å². The van der Waals surface area contributed by atoms with Crippen LogP contribution in [0.15, 0.2) is 133 Å². The molecule has 0 spiro atoms. The Morgan fingerprint density at radius 2 is 1.26 bits per heavy atom. The van der Waals surface area contributed by atoms with Crippen LogP contribution in [0, 0.1) is 13.8 Å². The normalized spacial score (nSPS) is 11.2. The third kappa shape index (κ3) is 9.05. The number of hydrogen-bond donors (Lipinski definition) is 2. The zero-order valence-corrected chi connectivity index (χ0v) is 29.6. The van der Waals surface area contributed by atoms with Crippen LogP contribution in [-0.2, 0) is 27.5 Å². The quantitative estimate of drug-likeness (QED) is 0.159. The molecule has 6 aromatic rings. The Hall–Kier alpha value is -6.52. The number of benzene rings is 4. The van der Waals surface area contributed by atoms with Gasteiger partial charge in [0, 0.05) is 17.0 Å². The molecule has 0 saturated heterocycles. The van der Waals surface area contributed by atoms with Gasteiger partial charge in [-0.2, -0.15) is 13.5 Å². The number of H-pyrrole nitrogens is 1. The van der Waals surface area contributed by atoms with Gasteiger partial charge in [0.2, 0.25) is 0 Å². The Morgan fingerprint density at radius 3 is 1.87 bits per heavy atom. The molecule has 17 nitrogen and oxygen atoms in total. The van der Waals surface area contributed by atoms with Crippen LogP contribution >= 0.6 is 0 Å². The van der Waals surface area contributed by atoms with E-state index in [9.17, 15) is 38.1 Å². The fourth-order valence-electron chi connectivity index (χ4n) is 4.64. The van der Waals surface area contributed by atoms with Gasteiger partial charge in [0.1, 0.15) is 5.69 Å². The van der Waals surface area contributed by atoms with Crippen LogP contribution < -0.4 is 20.9 Å². The molecule has 0 bridgehead atoms. The molecular weight excluding hydrogens is 748 g/mol. The van der Waals surface area contributed by atoms with E-state index in [4.69, 9.17) is 4.55 Å². The second kappa shape index (κ2) is 16.7. The summed E-state index contributed by atoms with van der Waals surface area (Å²) >= 11 is 0. The van der Waals surface area contributed by atoms with E-state index in [0.29, 0.717) is 17.1 Å². The maximum Gasteiger partial charge on any atom is 3.00 e. The first-order chi connectivity index (χ1) is 24.8. The summed E-state index contributed by atoms with van der Waals surface area (Å²) in [5, 5.41) is 57.1. The smallest absolute Gasteiger partial charge is 0.857 e. The molecular formula is C34H25CrN8O9S. The molecule has 0 aliphatic heterocycles. The van der Waals surface area contributed by atoms with Crippen molar-refractivity contribution >= 4 is 44.8 Å². The van der Waals surface area contributed by atoms with Crippen LogP contribution in [0.2, 0.25) is 0 Å². The minimum atomic E-state index is -4.59. The van der Waals surface area contributed by atoms with Crippen molar-refractivity contribution in [3.63, 3.8) is 0 Å². The van der Waals surface area contributed by atoms with E-state index in [-0.39, 0.29) is 51.2 Å². The first-order valence-electron chi connectivity index (χ1n) is 14.9. The van der Waals surface area contributed by atoms with Crippen LogP contribution in [0.5, 0.6) is 5.88 Å². The van der Waals surface area contributed by atoms with Gasteiger partial charge >= 0.3 is 17.4 Å². The number of aryl methyl sites for hydroxylation is 2. The van der Waals surface area contributed by atoms with Crippen LogP contribution in [0.1, 0.15) is 32.1 Å². The van der Waals surface area contributed by atoms with Crippen molar-refractivity contribution in [2.45, 2.75) is 18.7 Å². The van der Waals surface area contributed by atoms with E-state index >= 15 is 0 Å². The van der Waals surface area contributed by atoms with Crippen LogP contribution in [0.4, 0.5) is 22.7 Å². The average Bonchev–Trinajstić information content (AvgIpc) is 3.58.